The fraction of sp³-hybridized carbons (Fsp3) is 0.154. The van der Waals surface area contributed by atoms with Crippen LogP contribution in [0.4, 0.5) is 0 Å². The molecule has 96 valence electrons. The van der Waals surface area contributed by atoms with Gasteiger partial charge >= 0.3 is 0 Å². The van der Waals surface area contributed by atoms with Crippen molar-refractivity contribution in [2.45, 2.75) is 12.4 Å². The lowest BCUT2D eigenvalue weighted by Crippen LogP contribution is -2.01. The minimum Gasteiger partial charge on any atom is -0.249 e. The molecule has 19 heavy (non-hydrogen) atoms. The SMILES string of the molecule is ClCc1csc(-c2ccccc2Cn2cncn2)n1. The number of hydrogen-bond donors (Lipinski definition) is 0. The number of thiazole rings is 1. The molecule has 0 aliphatic rings. The summed E-state index contributed by atoms with van der Waals surface area (Å²) in [4.78, 5) is 8.49. The zero-order valence-electron chi connectivity index (χ0n) is 10.0. The molecule has 2 aromatic heterocycles. The number of halogens is 1. The highest BCUT2D eigenvalue weighted by molar-refractivity contribution is 7.13. The van der Waals surface area contributed by atoms with Crippen molar-refractivity contribution in [2.24, 2.45) is 0 Å². The largest absolute Gasteiger partial charge is 0.249 e. The van der Waals surface area contributed by atoms with Gasteiger partial charge in [0.1, 0.15) is 17.7 Å². The Labute approximate surface area is 119 Å². The molecule has 0 fully saturated rings. The third-order valence-corrected chi connectivity index (χ3v) is 3.93. The first-order chi connectivity index (χ1) is 9.36. The average Bonchev–Trinajstić information content (AvgIpc) is 3.10. The predicted octanol–water partition coefficient (Wildman–Crippen LogP) is 3.19. The maximum atomic E-state index is 5.80. The van der Waals surface area contributed by atoms with E-state index in [2.05, 4.69) is 27.2 Å². The third-order valence-electron chi connectivity index (χ3n) is 2.74. The summed E-state index contributed by atoms with van der Waals surface area (Å²) in [6, 6.07) is 8.19. The Morgan fingerprint density at radius 2 is 2.16 bits per heavy atom. The van der Waals surface area contributed by atoms with Crippen LogP contribution in [0, 0.1) is 0 Å². The van der Waals surface area contributed by atoms with Gasteiger partial charge in [0, 0.05) is 10.9 Å². The van der Waals surface area contributed by atoms with Crippen molar-refractivity contribution in [1.82, 2.24) is 19.7 Å². The van der Waals surface area contributed by atoms with Gasteiger partial charge < -0.3 is 0 Å². The quantitative estimate of drug-likeness (QED) is 0.693. The molecule has 0 aliphatic carbocycles. The van der Waals surface area contributed by atoms with Gasteiger partial charge in [0.25, 0.3) is 0 Å². The second kappa shape index (κ2) is 5.50. The molecule has 0 N–H and O–H groups in total. The van der Waals surface area contributed by atoms with Gasteiger partial charge in [-0.25, -0.2) is 14.6 Å². The van der Waals surface area contributed by atoms with E-state index >= 15 is 0 Å². The number of rotatable bonds is 4. The Morgan fingerprint density at radius 3 is 2.89 bits per heavy atom. The van der Waals surface area contributed by atoms with Crippen LogP contribution in [0.3, 0.4) is 0 Å². The Bertz CT molecular complexity index is 663. The molecular formula is C13H11ClN4S. The Hall–Kier alpha value is -1.72. The monoisotopic (exact) mass is 290 g/mol. The number of alkyl halides is 1. The molecular weight excluding hydrogens is 280 g/mol. The van der Waals surface area contributed by atoms with Crippen molar-refractivity contribution < 1.29 is 0 Å². The summed E-state index contributed by atoms with van der Waals surface area (Å²) in [6.07, 6.45) is 3.25. The normalized spacial score (nSPS) is 10.8. The van der Waals surface area contributed by atoms with Crippen molar-refractivity contribution >= 4 is 22.9 Å². The summed E-state index contributed by atoms with van der Waals surface area (Å²) in [5, 5.41) is 7.12. The van der Waals surface area contributed by atoms with Gasteiger partial charge in [-0.1, -0.05) is 24.3 Å². The summed E-state index contributed by atoms with van der Waals surface area (Å²) >= 11 is 7.42. The van der Waals surface area contributed by atoms with Gasteiger partial charge in [-0.2, -0.15) is 5.10 Å². The van der Waals surface area contributed by atoms with Crippen molar-refractivity contribution in [3.8, 4) is 10.6 Å². The molecule has 0 aliphatic heterocycles. The summed E-state index contributed by atoms with van der Waals surface area (Å²) in [5.41, 5.74) is 3.21. The van der Waals surface area contributed by atoms with Crippen molar-refractivity contribution in [3.63, 3.8) is 0 Å². The summed E-state index contributed by atoms with van der Waals surface area (Å²) in [5.74, 6) is 0.446. The fourth-order valence-electron chi connectivity index (χ4n) is 1.85. The highest BCUT2D eigenvalue weighted by Crippen LogP contribution is 2.27. The lowest BCUT2D eigenvalue weighted by Gasteiger charge is -2.06. The van der Waals surface area contributed by atoms with E-state index in [0.717, 1.165) is 16.3 Å². The maximum Gasteiger partial charge on any atom is 0.137 e. The van der Waals surface area contributed by atoms with Gasteiger partial charge in [-0.3, -0.25) is 0 Å². The van der Waals surface area contributed by atoms with Crippen LogP contribution in [-0.2, 0) is 12.4 Å². The smallest absolute Gasteiger partial charge is 0.137 e. The van der Waals surface area contributed by atoms with E-state index in [4.69, 9.17) is 11.6 Å². The Morgan fingerprint density at radius 1 is 1.26 bits per heavy atom. The van der Waals surface area contributed by atoms with Gasteiger partial charge in [-0.05, 0) is 5.56 Å². The molecule has 0 bridgehead atoms. The van der Waals surface area contributed by atoms with Crippen LogP contribution in [0.1, 0.15) is 11.3 Å². The third kappa shape index (κ3) is 2.67. The fourth-order valence-corrected chi connectivity index (χ4v) is 2.96. The Kier molecular flexibility index (Phi) is 3.57. The average molecular weight is 291 g/mol. The Balaban J connectivity index is 1.97. The van der Waals surface area contributed by atoms with Crippen LogP contribution in [0.25, 0.3) is 10.6 Å². The predicted molar refractivity (Wildman–Crippen MR) is 76.2 cm³/mol. The molecule has 0 amide bonds. The highest BCUT2D eigenvalue weighted by Gasteiger charge is 2.09. The molecule has 4 nitrogen and oxygen atoms in total. The van der Waals surface area contributed by atoms with E-state index in [1.807, 2.05) is 17.5 Å². The molecule has 6 heteroatoms. The molecule has 0 saturated carbocycles. The van der Waals surface area contributed by atoms with E-state index in [0.29, 0.717) is 12.4 Å². The topological polar surface area (TPSA) is 43.6 Å². The van der Waals surface area contributed by atoms with Crippen LogP contribution in [0.15, 0.2) is 42.3 Å². The first-order valence-electron chi connectivity index (χ1n) is 5.78. The minimum atomic E-state index is 0.446. The maximum absolute atomic E-state index is 5.80. The van der Waals surface area contributed by atoms with E-state index in [1.54, 1.807) is 22.3 Å². The lowest BCUT2D eigenvalue weighted by molar-refractivity contribution is 0.686. The summed E-state index contributed by atoms with van der Waals surface area (Å²) < 4.78 is 1.80. The number of aromatic nitrogens is 4. The van der Waals surface area contributed by atoms with Crippen LogP contribution in [-0.4, -0.2) is 19.7 Å². The molecule has 1 aromatic carbocycles. The molecule has 0 saturated heterocycles. The molecule has 3 aromatic rings. The summed E-state index contributed by atoms with van der Waals surface area (Å²) in [7, 11) is 0. The van der Waals surface area contributed by atoms with Crippen molar-refractivity contribution in [3.05, 3.63) is 53.6 Å². The zero-order valence-corrected chi connectivity index (χ0v) is 11.6. The molecule has 0 radical (unpaired) electrons. The minimum absolute atomic E-state index is 0.446. The van der Waals surface area contributed by atoms with Gasteiger partial charge in [-0.15, -0.1) is 22.9 Å². The molecule has 0 atom stereocenters. The van der Waals surface area contributed by atoms with Crippen LogP contribution in [0.5, 0.6) is 0 Å². The van der Waals surface area contributed by atoms with Gasteiger partial charge in [0.2, 0.25) is 0 Å². The van der Waals surface area contributed by atoms with E-state index in [-0.39, 0.29) is 0 Å². The molecule has 2 heterocycles. The second-order valence-corrected chi connectivity index (χ2v) is 5.15. The van der Waals surface area contributed by atoms with Crippen LogP contribution >= 0.6 is 22.9 Å². The van der Waals surface area contributed by atoms with Crippen molar-refractivity contribution in [2.75, 3.05) is 0 Å². The lowest BCUT2D eigenvalue weighted by atomic mass is 10.1. The van der Waals surface area contributed by atoms with E-state index < -0.39 is 0 Å². The standard InChI is InChI=1S/C13H11ClN4S/c14-5-11-7-19-13(17-11)12-4-2-1-3-10(12)6-18-9-15-8-16-18/h1-4,7-9H,5-6H2. The summed E-state index contributed by atoms with van der Waals surface area (Å²) in [6.45, 7) is 0.686. The van der Waals surface area contributed by atoms with Crippen molar-refractivity contribution in [1.29, 1.82) is 0 Å². The second-order valence-electron chi connectivity index (χ2n) is 4.03. The van der Waals surface area contributed by atoms with E-state index in [9.17, 15) is 0 Å². The van der Waals surface area contributed by atoms with Gasteiger partial charge in [0.05, 0.1) is 18.1 Å². The van der Waals surface area contributed by atoms with Crippen LogP contribution in [0.2, 0.25) is 0 Å². The number of nitrogens with zero attached hydrogens (tertiary/aromatic N) is 4. The molecule has 0 unspecified atom stereocenters. The number of hydrogen-bond acceptors (Lipinski definition) is 4. The molecule has 0 spiro atoms. The van der Waals surface area contributed by atoms with E-state index in [1.165, 1.54) is 11.9 Å². The van der Waals surface area contributed by atoms with Gasteiger partial charge in [0.15, 0.2) is 0 Å². The molecule has 3 rings (SSSR count). The van der Waals surface area contributed by atoms with Crippen LogP contribution < -0.4 is 0 Å². The first-order valence-corrected chi connectivity index (χ1v) is 7.19. The first kappa shape index (κ1) is 12.3. The zero-order chi connectivity index (χ0) is 13.1. The highest BCUT2D eigenvalue weighted by atomic mass is 35.5. The number of benzene rings is 1.